The third kappa shape index (κ3) is 0.858. The van der Waals surface area contributed by atoms with Crippen molar-refractivity contribution < 1.29 is 9.59 Å². The van der Waals surface area contributed by atoms with Crippen molar-refractivity contribution in [2.45, 2.75) is 19.1 Å². The van der Waals surface area contributed by atoms with Crippen LogP contribution in [0.1, 0.15) is 12.8 Å². The minimum Gasteiger partial charge on any atom is -0.345 e. The van der Waals surface area contributed by atoms with E-state index < -0.39 is 0 Å². The van der Waals surface area contributed by atoms with Crippen LogP contribution in [0.15, 0.2) is 0 Å². The van der Waals surface area contributed by atoms with Crippen LogP contribution in [0.3, 0.4) is 0 Å². The molecule has 0 aliphatic carbocycles. The maximum Gasteiger partial charge on any atom is 0.190 e. The summed E-state index contributed by atoms with van der Waals surface area (Å²) in [6, 6.07) is 0. The molecule has 1 atom stereocenters. The zero-order valence-electron chi connectivity index (χ0n) is 5.59. The van der Waals surface area contributed by atoms with Crippen LogP contribution >= 0.6 is 0 Å². The monoisotopic (exact) mass is 116 g/mol. The first-order valence-corrected chi connectivity index (χ1v) is 3.14. The molecule has 0 spiro atoms. The molecule has 0 bridgehead atoms. The number of nitrogens with zero attached hydrogens (tertiary/aromatic N) is 1. The highest BCUT2D eigenvalue weighted by molar-refractivity contribution is 4.52. The summed E-state index contributed by atoms with van der Waals surface area (Å²) in [7, 11) is 4.13. The quantitative estimate of drug-likeness (QED) is 0.447. The van der Waals surface area contributed by atoms with Crippen LogP contribution in [-0.4, -0.2) is 36.5 Å². The van der Waals surface area contributed by atoms with Gasteiger partial charge in [-0.3, -0.25) is 0 Å². The molecule has 1 heterocycles. The van der Waals surface area contributed by atoms with E-state index in [4.69, 9.17) is 0 Å². The molecular formula is C6H14NO+. The van der Waals surface area contributed by atoms with Gasteiger partial charge in [0, 0.05) is 12.8 Å². The number of hydrogen-bond donors (Lipinski definition) is 1. The molecule has 0 radical (unpaired) electrons. The second-order valence-corrected chi connectivity index (χ2v) is 3.13. The van der Waals surface area contributed by atoms with Gasteiger partial charge in [-0.1, -0.05) is 0 Å². The normalized spacial score (nSPS) is 35.6. The SMILES string of the molecule is C[N+]1(C)CCCC1O. The number of hydrogen-bond acceptors (Lipinski definition) is 1. The molecule has 2 heteroatoms. The molecule has 0 saturated carbocycles. The average molecular weight is 116 g/mol. The van der Waals surface area contributed by atoms with Gasteiger partial charge in [0.25, 0.3) is 0 Å². The summed E-state index contributed by atoms with van der Waals surface area (Å²) < 4.78 is 0.792. The average Bonchev–Trinajstić information content (AvgIpc) is 1.86. The molecule has 1 fully saturated rings. The molecular weight excluding hydrogens is 102 g/mol. The standard InChI is InChI=1S/C6H14NO/c1-7(2)5-3-4-6(7)8/h6,8H,3-5H2,1-2H3/q+1. The number of likely N-dealkylation sites (tertiary alicyclic amines) is 1. The minimum absolute atomic E-state index is 0.102. The first-order chi connectivity index (χ1) is 3.63. The molecule has 8 heavy (non-hydrogen) atoms. The Kier molecular flexibility index (Phi) is 1.29. The van der Waals surface area contributed by atoms with Gasteiger partial charge in [0.1, 0.15) is 0 Å². The maximum absolute atomic E-state index is 9.23. The molecule has 0 aromatic carbocycles. The highest BCUT2D eigenvalue weighted by Gasteiger charge is 2.31. The Hall–Kier alpha value is -0.0800. The Bertz CT molecular complexity index is 90.5. The van der Waals surface area contributed by atoms with E-state index in [9.17, 15) is 5.11 Å². The van der Waals surface area contributed by atoms with Crippen molar-refractivity contribution in [2.24, 2.45) is 0 Å². The van der Waals surface area contributed by atoms with Crippen molar-refractivity contribution in [3.8, 4) is 0 Å². The summed E-state index contributed by atoms with van der Waals surface area (Å²) in [4.78, 5) is 0. The van der Waals surface area contributed by atoms with Gasteiger partial charge in [-0.05, 0) is 0 Å². The van der Waals surface area contributed by atoms with Gasteiger partial charge in [0.15, 0.2) is 6.23 Å². The smallest absolute Gasteiger partial charge is 0.190 e. The van der Waals surface area contributed by atoms with Gasteiger partial charge in [0.2, 0.25) is 0 Å². The Labute approximate surface area is 50.3 Å². The lowest BCUT2D eigenvalue weighted by Gasteiger charge is -2.27. The van der Waals surface area contributed by atoms with E-state index in [0.717, 1.165) is 17.4 Å². The lowest BCUT2D eigenvalue weighted by Crippen LogP contribution is -2.43. The van der Waals surface area contributed by atoms with Crippen molar-refractivity contribution in [3.63, 3.8) is 0 Å². The second-order valence-electron chi connectivity index (χ2n) is 3.13. The summed E-state index contributed by atoms with van der Waals surface area (Å²) in [5.41, 5.74) is 0. The van der Waals surface area contributed by atoms with E-state index in [1.807, 2.05) is 0 Å². The highest BCUT2D eigenvalue weighted by Crippen LogP contribution is 2.18. The van der Waals surface area contributed by atoms with Crippen LogP contribution in [-0.2, 0) is 0 Å². The van der Waals surface area contributed by atoms with Crippen LogP contribution in [0.25, 0.3) is 0 Å². The molecule has 48 valence electrons. The molecule has 0 aromatic heterocycles. The second kappa shape index (κ2) is 1.71. The van der Waals surface area contributed by atoms with Gasteiger partial charge >= 0.3 is 0 Å². The third-order valence-corrected chi connectivity index (χ3v) is 2.00. The molecule has 1 rings (SSSR count). The van der Waals surface area contributed by atoms with Crippen LogP contribution in [0.2, 0.25) is 0 Å². The largest absolute Gasteiger partial charge is 0.345 e. The lowest BCUT2D eigenvalue weighted by atomic mass is 10.4. The summed E-state index contributed by atoms with van der Waals surface area (Å²) in [5, 5.41) is 9.23. The Morgan fingerprint density at radius 1 is 1.50 bits per heavy atom. The fourth-order valence-corrected chi connectivity index (χ4v) is 1.18. The topological polar surface area (TPSA) is 20.2 Å². The van der Waals surface area contributed by atoms with E-state index >= 15 is 0 Å². The summed E-state index contributed by atoms with van der Waals surface area (Å²) >= 11 is 0. The van der Waals surface area contributed by atoms with E-state index in [1.54, 1.807) is 0 Å². The fourth-order valence-electron chi connectivity index (χ4n) is 1.18. The van der Waals surface area contributed by atoms with Gasteiger partial charge < -0.3 is 9.59 Å². The predicted molar refractivity (Wildman–Crippen MR) is 32.2 cm³/mol. The third-order valence-electron chi connectivity index (χ3n) is 2.00. The molecule has 1 aliphatic rings. The zero-order chi connectivity index (χ0) is 6.20. The first-order valence-electron chi connectivity index (χ1n) is 3.14. The van der Waals surface area contributed by atoms with Crippen molar-refractivity contribution >= 4 is 0 Å². The van der Waals surface area contributed by atoms with Gasteiger partial charge in [-0.25, -0.2) is 0 Å². The van der Waals surface area contributed by atoms with E-state index in [-0.39, 0.29) is 6.23 Å². The molecule has 2 nitrogen and oxygen atoms in total. The van der Waals surface area contributed by atoms with Crippen LogP contribution in [0.5, 0.6) is 0 Å². The Morgan fingerprint density at radius 3 is 2.25 bits per heavy atom. The van der Waals surface area contributed by atoms with Crippen molar-refractivity contribution in [1.82, 2.24) is 0 Å². The van der Waals surface area contributed by atoms with Crippen LogP contribution in [0.4, 0.5) is 0 Å². The molecule has 1 unspecified atom stereocenters. The van der Waals surface area contributed by atoms with Crippen LogP contribution in [0, 0.1) is 0 Å². The van der Waals surface area contributed by atoms with Gasteiger partial charge in [0.05, 0.1) is 20.6 Å². The lowest BCUT2D eigenvalue weighted by molar-refractivity contribution is -0.923. The van der Waals surface area contributed by atoms with Crippen molar-refractivity contribution in [3.05, 3.63) is 0 Å². The number of aliphatic hydroxyl groups excluding tert-OH is 1. The fraction of sp³-hybridized carbons (Fsp3) is 1.00. The molecule has 1 saturated heterocycles. The molecule has 0 aromatic rings. The maximum atomic E-state index is 9.23. The van der Waals surface area contributed by atoms with Crippen molar-refractivity contribution in [2.75, 3.05) is 20.6 Å². The first kappa shape index (κ1) is 6.05. The van der Waals surface area contributed by atoms with Gasteiger partial charge in [-0.2, -0.15) is 0 Å². The molecule has 1 N–H and O–H groups in total. The summed E-state index contributed by atoms with van der Waals surface area (Å²) in [6.07, 6.45) is 2.05. The zero-order valence-corrected chi connectivity index (χ0v) is 5.59. The highest BCUT2D eigenvalue weighted by atomic mass is 16.3. The van der Waals surface area contributed by atoms with E-state index in [2.05, 4.69) is 14.1 Å². The molecule has 0 amide bonds. The summed E-state index contributed by atoms with van der Waals surface area (Å²) in [5.74, 6) is 0. The Balaban J connectivity index is 2.54. The van der Waals surface area contributed by atoms with Crippen LogP contribution < -0.4 is 0 Å². The number of quaternary nitrogens is 1. The number of aliphatic hydroxyl groups is 1. The molecule has 1 aliphatic heterocycles. The predicted octanol–water partition coefficient (Wildman–Crippen LogP) is 0.175. The van der Waals surface area contributed by atoms with E-state index in [1.165, 1.54) is 6.42 Å². The number of rotatable bonds is 0. The summed E-state index contributed by atoms with van der Waals surface area (Å²) in [6.45, 7) is 1.13. The minimum atomic E-state index is -0.102. The Morgan fingerprint density at radius 2 is 2.12 bits per heavy atom. The van der Waals surface area contributed by atoms with E-state index in [0.29, 0.717) is 0 Å². The van der Waals surface area contributed by atoms with Gasteiger partial charge in [-0.15, -0.1) is 0 Å². The van der Waals surface area contributed by atoms with Crippen molar-refractivity contribution in [1.29, 1.82) is 0 Å².